The van der Waals surface area contributed by atoms with Crippen molar-refractivity contribution in [2.24, 2.45) is 0 Å². The lowest BCUT2D eigenvalue weighted by molar-refractivity contribution is 0.0940. The molecule has 140 valence electrons. The largest absolute Gasteiger partial charge is 0.497 e. The summed E-state index contributed by atoms with van der Waals surface area (Å²) >= 11 is 0. The van der Waals surface area contributed by atoms with Gasteiger partial charge in [-0.25, -0.2) is 0 Å². The number of carbonyl (C=O) groups excluding carboxylic acids is 1. The highest BCUT2D eigenvalue weighted by Crippen LogP contribution is 2.24. The summed E-state index contributed by atoms with van der Waals surface area (Å²) in [6.07, 6.45) is 3.85. The number of nitrogens with zero attached hydrogens (tertiary/aromatic N) is 3. The lowest BCUT2D eigenvalue weighted by atomic mass is 10.1. The Labute approximate surface area is 155 Å². The van der Waals surface area contributed by atoms with Crippen molar-refractivity contribution >= 4 is 5.91 Å². The van der Waals surface area contributed by atoms with Crippen LogP contribution in [0, 0.1) is 0 Å². The van der Waals surface area contributed by atoms with Crippen LogP contribution in [0.25, 0.3) is 11.3 Å². The molecular formula is C20H28N4O2. The van der Waals surface area contributed by atoms with E-state index in [-0.39, 0.29) is 5.91 Å². The van der Waals surface area contributed by atoms with Crippen LogP contribution in [0.3, 0.4) is 0 Å². The SMILES string of the molecule is CCn1nc(C(=O)NCCN2CCCCC2)cc1-c1cccc(OC)c1. The minimum atomic E-state index is -0.113. The zero-order chi connectivity index (χ0) is 18.4. The molecule has 0 spiro atoms. The standard InChI is InChI=1S/C20H28N4O2/c1-3-24-19(16-8-7-9-17(14-16)26-2)15-18(22-24)20(25)21-10-13-23-11-5-4-6-12-23/h7-9,14-15H,3-6,10-13H2,1-2H3,(H,21,25). The molecule has 1 aliphatic rings. The Morgan fingerprint density at radius 3 is 2.77 bits per heavy atom. The molecule has 0 bridgehead atoms. The number of aryl methyl sites for hydroxylation is 1. The summed E-state index contributed by atoms with van der Waals surface area (Å²) in [5.74, 6) is 0.678. The topological polar surface area (TPSA) is 59.4 Å². The maximum atomic E-state index is 12.5. The molecule has 2 heterocycles. The van der Waals surface area contributed by atoms with E-state index in [4.69, 9.17) is 4.74 Å². The molecule has 1 N–H and O–H groups in total. The average Bonchev–Trinajstić information content (AvgIpc) is 3.13. The molecule has 1 saturated heterocycles. The molecule has 1 aliphatic heterocycles. The van der Waals surface area contributed by atoms with Crippen molar-refractivity contribution in [2.75, 3.05) is 33.3 Å². The Balaban J connectivity index is 1.66. The number of piperidine rings is 1. The van der Waals surface area contributed by atoms with Gasteiger partial charge in [0.1, 0.15) is 5.75 Å². The second-order valence-corrected chi connectivity index (χ2v) is 6.62. The van der Waals surface area contributed by atoms with E-state index in [0.717, 1.165) is 36.6 Å². The zero-order valence-corrected chi connectivity index (χ0v) is 15.7. The molecule has 0 saturated carbocycles. The fraction of sp³-hybridized carbons (Fsp3) is 0.500. The van der Waals surface area contributed by atoms with Gasteiger partial charge in [0.15, 0.2) is 5.69 Å². The van der Waals surface area contributed by atoms with Gasteiger partial charge in [-0.2, -0.15) is 5.10 Å². The number of rotatable bonds is 7. The summed E-state index contributed by atoms with van der Waals surface area (Å²) in [5.41, 5.74) is 2.38. The number of likely N-dealkylation sites (tertiary alicyclic amines) is 1. The lowest BCUT2D eigenvalue weighted by Gasteiger charge is -2.26. The molecule has 6 nitrogen and oxygen atoms in total. The number of carbonyl (C=O) groups is 1. The molecule has 0 atom stereocenters. The van der Waals surface area contributed by atoms with Crippen molar-refractivity contribution in [1.29, 1.82) is 0 Å². The molecular weight excluding hydrogens is 328 g/mol. The van der Waals surface area contributed by atoms with Gasteiger partial charge in [-0.15, -0.1) is 0 Å². The molecule has 0 aliphatic carbocycles. The number of nitrogens with one attached hydrogen (secondary N) is 1. The smallest absolute Gasteiger partial charge is 0.271 e. The Morgan fingerprint density at radius 1 is 1.23 bits per heavy atom. The van der Waals surface area contributed by atoms with E-state index in [9.17, 15) is 4.79 Å². The van der Waals surface area contributed by atoms with Gasteiger partial charge >= 0.3 is 0 Å². The molecule has 2 aromatic rings. The first-order chi connectivity index (χ1) is 12.7. The van der Waals surface area contributed by atoms with Crippen LogP contribution >= 0.6 is 0 Å². The molecule has 1 amide bonds. The second kappa shape index (κ2) is 8.85. The van der Waals surface area contributed by atoms with E-state index < -0.39 is 0 Å². The van der Waals surface area contributed by atoms with Crippen molar-refractivity contribution in [1.82, 2.24) is 20.0 Å². The van der Waals surface area contributed by atoms with Gasteiger partial charge in [-0.05, 0) is 51.1 Å². The zero-order valence-electron chi connectivity index (χ0n) is 15.7. The van der Waals surface area contributed by atoms with Crippen molar-refractivity contribution in [2.45, 2.75) is 32.7 Å². The highest BCUT2D eigenvalue weighted by Gasteiger charge is 2.16. The van der Waals surface area contributed by atoms with E-state index in [0.29, 0.717) is 18.8 Å². The van der Waals surface area contributed by atoms with Gasteiger partial charge < -0.3 is 15.0 Å². The summed E-state index contributed by atoms with van der Waals surface area (Å²) in [4.78, 5) is 14.9. The van der Waals surface area contributed by atoms with Crippen molar-refractivity contribution in [3.8, 4) is 17.0 Å². The third kappa shape index (κ3) is 4.43. The summed E-state index contributed by atoms with van der Waals surface area (Å²) in [6, 6.07) is 9.67. The quantitative estimate of drug-likeness (QED) is 0.829. The van der Waals surface area contributed by atoms with E-state index in [1.165, 1.54) is 19.3 Å². The van der Waals surface area contributed by atoms with E-state index in [2.05, 4.69) is 15.3 Å². The molecule has 3 rings (SSSR count). The monoisotopic (exact) mass is 356 g/mol. The predicted molar refractivity (Wildman–Crippen MR) is 103 cm³/mol. The third-order valence-electron chi connectivity index (χ3n) is 4.84. The second-order valence-electron chi connectivity index (χ2n) is 6.62. The summed E-state index contributed by atoms with van der Waals surface area (Å²) < 4.78 is 7.16. The van der Waals surface area contributed by atoms with Crippen LogP contribution in [0.2, 0.25) is 0 Å². The van der Waals surface area contributed by atoms with E-state index in [1.807, 2.05) is 41.9 Å². The number of hydrogen-bond donors (Lipinski definition) is 1. The minimum Gasteiger partial charge on any atom is -0.497 e. The van der Waals surface area contributed by atoms with Crippen LogP contribution in [0.5, 0.6) is 5.75 Å². The van der Waals surface area contributed by atoms with Gasteiger partial charge in [0.2, 0.25) is 0 Å². The number of methoxy groups -OCH3 is 1. The van der Waals surface area contributed by atoms with Crippen LogP contribution in [0.15, 0.2) is 30.3 Å². The molecule has 1 aromatic heterocycles. The van der Waals surface area contributed by atoms with Crippen LogP contribution in [-0.4, -0.2) is 53.9 Å². The maximum absolute atomic E-state index is 12.5. The summed E-state index contributed by atoms with van der Waals surface area (Å²) in [6.45, 7) is 6.57. The van der Waals surface area contributed by atoms with Gasteiger partial charge in [0, 0.05) is 25.2 Å². The van der Waals surface area contributed by atoms with Crippen LogP contribution in [0.4, 0.5) is 0 Å². The Kier molecular flexibility index (Phi) is 6.28. The minimum absolute atomic E-state index is 0.113. The van der Waals surface area contributed by atoms with Gasteiger partial charge in [0.25, 0.3) is 5.91 Å². The maximum Gasteiger partial charge on any atom is 0.271 e. The van der Waals surface area contributed by atoms with Crippen molar-refractivity contribution in [3.63, 3.8) is 0 Å². The number of hydrogen-bond acceptors (Lipinski definition) is 4. The average molecular weight is 356 g/mol. The highest BCUT2D eigenvalue weighted by atomic mass is 16.5. The Bertz CT molecular complexity index is 735. The normalized spacial score (nSPS) is 15.0. The lowest BCUT2D eigenvalue weighted by Crippen LogP contribution is -2.37. The van der Waals surface area contributed by atoms with Crippen molar-refractivity contribution in [3.05, 3.63) is 36.0 Å². The molecule has 26 heavy (non-hydrogen) atoms. The summed E-state index contributed by atoms with van der Waals surface area (Å²) in [7, 11) is 1.65. The number of amides is 1. The third-order valence-corrected chi connectivity index (χ3v) is 4.84. The fourth-order valence-corrected chi connectivity index (χ4v) is 3.38. The molecule has 1 aromatic carbocycles. The molecule has 1 fully saturated rings. The number of benzene rings is 1. The van der Waals surface area contributed by atoms with Crippen LogP contribution in [0.1, 0.15) is 36.7 Å². The van der Waals surface area contributed by atoms with Crippen LogP contribution < -0.4 is 10.1 Å². The number of ether oxygens (including phenoxy) is 1. The Morgan fingerprint density at radius 2 is 2.04 bits per heavy atom. The molecule has 6 heteroatoms. The fourth-order valence-electron chi connectivity index (χ4n) is 3.38. The van der Waals surface area contributed by atoms with Crippen LogP contribution in [-0.2, 0) is 6.54 Å². The first-order valence-electron chi connectivity index (χ1n) is 9.44. The van der Waals surface area contributed by atoms with Crippen molar-refractivity contribution < 1.29 is 9.53 Å². The van der Waals surface area contributed by atoms with Gasteiger partial charge in [-0.3, -0.25) is 9.48 Å². The van der Waals surface area contributed by atoms with Gasteiger partial charge in [-0.1, -0.05) is 18.6 Å². The van der Waals surface area contributed by atoms with E-state index in [1.54, 1.807) is 7.11 Å². The van der Waals surface area contributed by atoms with Gasteiger partial charge in [0.05, 0.1) is 12.8 Å². The number of aromatic nitrogens is 2. The Hall–Kier alpha value is -2.34. The predicted octanol–water partition coefficient (Wildman–Crippen LogP) is 2.79. The first kappa shape index (κ1) is 18.5. The molecule has 0 unspecified atom stereocenters. The molecule has 0 radical (unpaired) electrons. The first-order valence-corrected chi connectivity index (χ1v) is 9.44. The summed E-state index contributed by atoms with van der Waals surface area (Å²) in [5, 5.41) is 7.48. The van der Waals surface area contributed by atoms with E-state index >= 15 is 0 Å². The highest BCUT2D eigenvalue weighted by molar-refractivity contribution is 5.93.